The molecule has 1 aliphatic carbocycles. The molecule has 0 N–H and O–H groups in total. The van der Waals surface area contributed by atoms with Crippen LogP contribution in [0.5, 0.6) is 0 Å². The van der Waals surface area contributed by atoms with Crippen molar-refractivity contribution in [1.82, 2.24) is 4.90 Å². The van der Waals surface area contributed by atoms with Crippen LogP contribution in [0.2, 0.25) is 0 Å². The molecule has 0 bridgehead atoms. The van der Waals surface area contributed by atoms with Gasteiger partial charge in [0.05, 0.1) is 13.2 Å². The maximum atomic E-state index is 5.83. The first-order valence-electron chi connectivity index (χ1n) is 8.43. The zero-order valence-corrected chi connectivity index (χ0v) is 12.7. The summed E-state index contributed by atoms with van der Waals surface area (Å²) in [6.45, 7) is 4.97. The molecule has 2 aliphatic heterocycles. The molecule has 1 aromatic carbocycles. The van der Waals surface area contributed by atoms with Crippen LogP contribution in [0.15, 0.2) is 24.3 Å². The van der Waals surface area contributed by atoms with Crippen LogP contribution >= 0.6 is 0 Å². The second-order valence-corrected chi connectivity index (χ2v) is 6.70. The predicted octanol–water partition coefficient (Wildman–Crippen LogP) is 2.95. The molecule has 1 spiro atoms. The molecule has 0 aromatic heterocycles. The molecule has 3 aliphatic rings. The van der Waals surface area contributed by atoms with Crippen molar-refractivity contribution in [2.45, 2.75) is 43.8 Å². The third-order valence-electron chi connectivity index (χ3n) is 5.40. The Kier molecular flexibility index (Phi) is 3.74. The van der Waals surface area contributed by atoms with Gasteiger partial charge in [0.25, 0.3) is 0 Å². The third-order valence-corrected chi connectivity index (χ3v) is 5.40. The van der Waals surface area contributed by atoms with Gasteiger partial charge in [0, 0.05) is 32.5 Å². The van der Waals surface area contributed by atoms with Crippen molar-refractivity contribution in [1.29, 1.82) is 0 Å². The highest BCUT2D eigenvalue weighted by molar-refractivity contribution is 5.32. The van der Waals surface area contributed by atoms with Gasteiger partial charge >= 0.3 is 0 Å². The van der Waals surface area contributed by atoms with E-state index in [4.69, 9.17) is 9.47 Å². The van der Waals surface area contributed by atoms with Crippen molar-refractivity contribution in [3.8, 4) is 0 Å². The topological polar surface area (TPSA) is 21.7 Å². The number of aryl methyl sites for hydroxylation is 1. The fourth-order valence-corrected chi connectivity index (χ4v) is 4.22. The van der Waals surface area contributed by atoms with E-state index < -0.39 is 0 Å². The van der Waals surface area contributed by atoms with Gasteiger partial charge in [-0.1, -0.05) is 24.3 Å². The Labute approximate surface area is 127 Å². The van der Waals surface area contributed by atoms with E-state index in [0.29, 0.717) is 0 Å². The monoisotopic (exact) mass is 287 g/mol. The van der Waals surface area contributed by atoms with E-state index in [9.17, 15) is 0 Å². The van der Waals surface area contributed by atoms with Crippen LogP contribution in [0, 0.1) is 0 Å². The van der Waals surface area contributed by atoms with Gasteiger partial charge < -0.3 is 14.4 Å². The maximum absolute atomic E-state index is 5.83. The van der Waals surface area contributed by atoms with Crippen LogP contribution in [-0.2, 0) is 15.9 Å². The lowest BCUT2D eigenvalue weighted by atomic mass is 9.82. The Morgan fingerprint density at radius 3 is 2.67 bits per heavy atom. The van der Waals surface area contributed by atoms with Gasteiger partial charge in [-0.3, -0.25) is 0 Å². The summed E-state index contributed by atoms with van der Waals surface area (Å²) in [6.07, 6.45) is 6.00. The fraction of sp³-hybridized carbons (Fsp3) is 0.667. The number of hydrogen-bond donors (Lipinski definition) is 0. The number of piperidine rings is 1. The average molecular weight is 287 g/mol. The Hall–Kier alpha value is -0.900. The van der Waals surface area contributed by atoms with E-state index in [1.165, 1.54) is 25.8 Å². The third kappa shape index (κ3) is 2.75. The lowest BCUT2D eigenvalue weighted by Crippen LogP contribution is -2.46. The molecule has 1 aromatic rings. The Bertz CT molecular complexity index is 486. The molecule has 1 atom stereocenters. The lowest BCUT2D eigenvalue weighted by molar-refractivity contribution is -0.185. The SMILES string of the molecule is c1ccc2c(c1)CCCC2CN1CCC2(CC1)OCCO2. The summed E-state index contributed by atoms with van der Waals surface area (Å²) in [6, 6.07) is 9.03. The zero-order chi connectivity index (χ0) is 14.1. The van der Waals surface area contributed by atoms with Crippen LogP contribution in [0.4, 0.5) is 0 Å². The standard InChI is InChI=1S/C18H25NO2/c1-2-7-17-15(4-1)5-3-6-16(17)14-19-10-8-18(9-11-19)20-12-13-21-18/h1-2,4,7,16H,3,5-6,8-14H2. The molecule has 2 heterocycles. The quantitative estimate of drug-likeness (QED) is 0.835. The first-order valence-corrected chi connectivity index (χ1v) is 8.43. The van der Waals surface area contributed by atoms with E-state index in [0.717, 1.165) is 45.1 Å². The van der Waals surface area contributed by atoms with E-state index in [2.05, 4.69) is 29.2 Å². The second-order valence-electron chi connectivity index (χ2n) is 6.70. The fourth-order valence-electron chi connectivity index (χ4n) is 4.22. The van der Waals surface area contributed by atoms with E-state index in [-0.39, 0.29) is 5.79 Å². The molecule has 1 unspecified atom stereocenters. The molecule has 114 valence electrons. The summed E-state index contributed by atoms with van der Waals surface area (Å²) < 4.78 is 11.7. The van der Waals surface area contributed by atoms with Gasteiger partial charge in [-0.05, 0) is 36.3 Å². The molecule has 0 radical (unpaired) electrons. The lowest BCUT2D eigenvalue weighted by Gasteiger charge is -2.39. The number of ether oxygens (including phenoxy) is 2. The average Bonchev–Trinajstić information content (AvgIpc) is 2.99. The van der Waals surface area contributed by atoms with Crippen molar-refractivity contribution in [2.24, 2.45) is 0 Å². The van der Waals surface area contributed by atoms with Crippen molar-refractivity contribution >= 4 is 0 Å². The highest BCUT2D eigenvalue weighted by Crippen LogP contribution is 2.35. The first kappa shape index (κ1) is 13.7. The van der Waals surface area contributed by atoms with Crippen LogP contribution in [-0.4, -0.2) is 43.5 Å². The molecule has 4 rings (SSSR count). The normalized spacial score (nSPS) is 28.7. The summed E-state index contributed by atoms with van der Waals surface area (Å²) in [4.78, 5) is 2.61. The summed E-state index contributed by atoms with van der Waals surface area (Å²) in [5.74, 6) is 0.482. The molecular formula is C18H25NO2. The highest BCUT2D eigenvalue weighted by Gasteiger charge is 2.40. The van der Waals surface area contributed by atoms with Crippen LogP contribution in [0.1, 0.15) is 42.7 Å². The van der Waals surface area contributed by atoms with Gasteiger partial charge in [0.15, 0.2) is 5.79 Å². The Morgan fingerprint density at radius 2 is 1.86 bits per heavy atom. The van der Waals surface area contributed by atoms with E-state index in [1.54, 1.807) is 11.1 Å². The number of hydrogen-bond acceptors (Lipinski definition) is 3. The minimum atomic E-state index is -0.235. The molecule has 2 fully saturated rings. The molecule has 3 nitrogen and oxygen atoms in total. The molecule has 2 saturated heterocycles. The molecular weight excluding hydrogens is 262 g/mol. The minimum Gasteiger partial charge on any atom is -0.347 e. The van der Waals surface area contributed by atoms with Gasteiger partial charge in [0.2, 0.25) is 0 Å². The molecule has 21 heavy (non-hydrogen) atoms. The van der Waals surface area contributed by atoms with Crippen LogP contribution in [0.25, 0.3) is 0 Å². The zero-order valence-electron chi connectivity index (χ0n) is 12.7. The molecule has 0 saturated carbocycles. The van der Waals surface area contributed by atoms with Crippen molar-refractivity contribution < 1.29 is 9.47 Å². The second kappa shape index (κ2) is 5.71. The van der Waals surface area contributed by atoms with E-state index in [1.807, 2.05) is 0 Å². The highest BCUT2D eigenvalue weighted by atomic mass is 16.7. The molecule has 3 heteroatoms. The smallest absolute Gasteiger partial charge is 0.170 e. The number of benzene rings is 1. The summed E-state index contributed by atoms with van der Waals surface area (Å²) in [5.41, 5.74) is 3.17. The Morgan fingerprint density at radius 1 is 1.10 bits per heavy atom. The first-order chi connectivity index (χ1) is 10.3. The summed E-state index contributed by atoms with van der Waals surface area (Å²) in [5, 5.41) is 0. The number of fused-ring (bicyclic) bond motifs is 1. The number of likely N-dealkylation sites (tertiary alicyclic amines) is 1. The van der Waals surface area contributed by atoms with Gasteiger partial charge in [-0.25, -0.2) is 0 Å². The maximum Gasteiger partial charge on any atom is 0.170 e. The van der Waals surface area contributed by atoms with E-state index >= 15 is 0 Å². The van der Waals surface area contributed by atoms with Crippen molar-refractivity contribution in [3.63, 3.8) is 0 Å². The largest absolute Gasteiger partial charge is 0.347 e. The molecule has 0 amide bonds. The Balaban J connectivity index is 1.39. The van der Waals surface area contributed by atoms with Crippen molar-refractivity contribution in [3.05, 3.63) is 35.4 Å². The van der Waals surface area contributed by atoms with Crippen LogP contribution in [0.3, 0.4) is 0 Å². The van der Waals surface area contributed by atoms with Gasteiger partial charge in [-0.15, -0.1) is 0 Å². The van der Waals surface area contributed by atoms with Crippen LogP contribution < -0.4 is 0 Å². The van der Waals surface area contributed by atoms with Crippen molar-refractivity contribution in [2.75, 3.05) is 32.8 Å². The number of rotatable bonds is 2. The van der Waals surface area contributed by atoms with Gasteiger partial charge in [-0.2, -0.15) is 0 Å². The summed E-state index contributed by atoms with van der Waals surface area (Å²) >= 11 is 0. The number of nitrogens with zero attached hydrogens (tertiary/aromatic N) is 1. The summed E-state index contributed by atoms with van der Waals surface area (Å²) in [7, 11) is 0. The van der Waals surface area contributed by atoms with Gasteiger partial charge in [0.1, 0.15) is 0 Å². The minimum absolute atomic E-state index is 0.235. The predicted molar refractivity (Wildman–Crippen MR) is 82.4 cm³/mol.